The second kappa shape index (κ2) is 8.61. The highest BCUT2D eigenvalue weighted by atomic mass is 16.2. The highest BCUT2D eigenvalue weighted by molar-refractivity contribution is 5.79. The van der Waals surface area contributed by atoms with Gasteiger partial charge >= 0.3 is 0 Å². The van der Waals surface area contributed by atoms with Crippen molar-refractivity contribution in [2.45, 2.75) is 46.0 Å². The van der Waals surface area contributed by atoms with E-state index in [0.29, 0.717) is 6.42 Å². The normalized spacial score (nSPS) is 13.0. The minimum atomic E-state index is -0.0934. The summed E-state index contributed by atoms with van der Waals surface area (Å²) >= 11 is 0. The van der Waals surface area contributed by atoms with Crippen molar-refractivity contribution < 1.29 is 4.79 Å². The number of hydrogen-bond donors (Lipinski definition) is 1. The Hall–Kier alpha value is -2.42. The molecule has 0 spiro atoms. The minimum absolute atomic E-state index is 0.0934. The monoisotopic (exact) mass is 336 g/mol. The Balaban J connectivity index is 1.80. The molecule has 1 amide bonds. The van der Waals surface area contributed by atoms with E-state index < -0.39 is 0 Å². The summed E-state index contributed by atoms with van der Waals surface area (Å²) in [5, 5.41) is 4.10. The number of rotatable bonds is 6. The summed E-state index contributed by atoms with van der Waals surface area (Å²) in [5.74, 6) is 0.168. The number of nitrogens with zero attached hydrogens (tertiary/aromatic N) is 1. The zero-order chi connectivity index (χ0) is 18.3. The first-order valence-electron chi connectivity index (χ1n) is 8.80. The third kappa shape index (κ3) is 6.54. The van der Waals surface area contributed by atoms with Crippen LogP contribution in [-0.4, -0.2) is 12.1 Å². The summed E-state index contributed by atoms with van der Waals surface area (Å²) in [7, 11) is 0. The van der Waals surface area contributed by atoms with E-state index in [1.54, 1.807) is 6.21 Å². The van der Waals surface area contributed by atoms with Gasteiger partial charge in [-0.15, -0.1) is 0 Å². The van der Waals surface area contributed by atoms with E-state index in [4.69, 9.17) is 0 Å². The van der Waals surface area contributed by atoms with Crippen molar-refractivity contribution in [3.63, 3.8) is 0 Å². The van der Waals surface area contributed by atoms with Gasteiger partial charge in [-0.1, -0.05) is 82.3 Å². The Morgan fingerprint density at radius 3 is 2.28 bits per heavy atom. The lowest BCUT2D eigenvalue weighted by atomic mass is 9.86. The number of nitrogens with one attached hydrogen (secondary N) is 1. The number of carbonyl (C=O) groups excluding carboxylic acids is 1. The van der Waals surface area contributed by atoms with E-state index in [1.807, 2.05) is 30.3 Å². The van der Waals surface area contributed by atoms with Crippen molar-refractivity contribution in [1.82, 2.24) is 5.43 Å². The molecule has 3 heteroatoms. The smallest absolute Gasteiger partial charge is 0.244 e. The van der Waals surface area contributed by atoms with Gasteiger partial charge in [0.2, 0.25) is 5.91 Å². The third-order valence-corrected chi connectivity index (χ3v) is 4.10. The molecule has 0 saturated carbocycles. The first-order chi connectivity index (χ1) is 11.8. The first-order valence-corrected chi connectivity index (χ1v) is 8.80. The molecule has 0 heterocycles. The second-order valence-electron chi connectivity index (χ2n) is 7.60. The lowest BCUT2D eigenvalue weighted by molar-refractivity contribution is -0.120. The van der Waals surface area contributed by atoms with Crippen molar-refractivity contribution in [3.8, 4) is 0 Å². The molecule has 132 valence electrons. The molecule has 0 saturated heterocycles. The number of hydrogen-bond acceptors (Lipinski definition) is 2. The van der Waals surface area contributed by atoms with E-state index in [1.165, 1.54) is 11.1 Å². The Morgan fingerprint density at radius 1 is 1.04 bits per heavy atom. The van der Waals surface area contributed by atoms with Crippen molar-refractivity contribution in [2.75, 3.05) is 0 Å². The van der Waals surface area contributed by atoms with Gasteiger partial charge in [0.05, 0.1) is 6.42 Å². The average molecular weight is 336 g/mol. The Kier molecular flexibility index (Phi) is 6.51. The van der Waals surface area contributed by atoms with Crippen LogP contribution < -0.4 is 5.43 Å². The molecule has 2 aromatic carbocycles. The number of carbonyl (C=O) groups is 1. The molecule has 0 aromatic heterocycles. The maximum atomic E-state index is 11.9. The van der Waals surface area contributed by atoms with Gasteiger partial charge in [-0.05, 0) is 34.4 Å². The van der Waals surface area contributed by atoms with Crippen molar-refractivity contribution in [3.05, 3.63) is 71.3 Å². The molecule has 1 unspecified atom stereocenters. The fourth-order valence-corrected chi connectivity index (χ4v) is 2.62. The fraction of sp³-hybridized carbons (Fsp3) is 0.364. The van der Waals surface area contributed by atoms with E-state index >= 15 is 0 Å². The van der Waals surface area contributed by atoms with E-state index in [2.05, 4.69) is 62.5 Å². The van der Waals surface area contributed by atoms with Gasteiger partial charge in [-0.3, -0.25) is 4.79 Å². The summed E-state index contributed by atoms with van der Waals surface area (Å²) in [5.41, 5.74) is 6.39. The standard InChI is InChI=1S/C22H28N2O/c1-17(14-19-10-12-20(13-11-19)22(2,3)4)16-23-24-21(25)15-18-8-6-5-7-9-18/h5-13,16-17H,14-15H2,1-4H3,(H,24,25)/b23-16+. The van der Waals surface area contributed by atoms with E-state index in [9.17, 15) is 4.79 Å². The first kappa shape index (κ1) is 18.9. The summed E-state index contributed by atoms with van der Waals surface area (Å²) in [6.07, 6.45) is 3.06. The molecule has 1 N–H and O–H groups in total. The van der Waals surface area contributed by atoms with Gasteiger partial charge in [0.25, 0.3) is 0 Å². The van der Waals surface area contributed by atoms with Crippen LogP contribution in [0, 0.1) is 5.92 Å². The maximum absolute atomic E-state index is 11.9. The number of benzene rings is 2. The topological polar surface area (TPSA) is 41.5 Å². The van der Waals surface area contributed by atoms with Gasteiger partial charge in [-0.2, -0.15) is 5.10 Å². The van der Waals surface area contributed by atoms with E-state index in [-0.39, 0.29) is 17.2 Å². The molecular formula is C22H28N2O. The molecule has 25 heavy (non-hydrogen) atoms. The van der Waals surface area contributed by atoms with Crippen LogP contribution in [0.4, 0.5) is 0 Å². The molecule has 0 fully saturated rings. The van der Waals surface area contributed by atoms with Crippen LogP contribution in [0.1, 0.15) is 44.4 Å². The van der Waals surface area contributed by atoms with Gasteiger partial charge < -0.3 is 0 Å². The zero-order valence-electron chi connectivity index (χ0n) is 15.6. The highest BCUT2D eigenvalue weighted by Crippen LogP contribution is 2.22. The molecule has 0 radical (unpaired) electrons. The predicted octanol–water partition coefficient (Wildman–Crippen LogP) is 4.51. The van der Waals surface area contributed by atoms with Crippen LogP contribution in [0.5, 0.6) is 0 Å². The van der Waals surface area contributed by atoms with Crippen molar-refractivity contribution in [1.29, 1.82) is 0 Å². The number of amides is 1. The lowest BCUT2D eigenvalue weighted by Gasteiger charge is -2.19. The Morgan fingerprint density at radius 2 is 1.68 bits per heavy atom. The molecule has 3 nitrogen and oxygen atoms in total. The summed E-state index contributed by atoms with van der Waals surface area (Å²) in [6, 6.07) is 18.4. The molecule has 2 rings (SSSR count). The molecule has 0 aliphatic heterocycles. The summed E-state index contributed by atoms with van der Waals surface area (Å²) in [6.45, 7) is 8.75. The number of hydrazone groups is 1. The Labute approximate surface area is 151 Å². The average Bonchev–Trinajstić information content (AvgIpc) is 2.55. The quantitative estimate of drug-likeness (QED) is 0.612. The largest absolute Gasteiger partial charge is 0.273 e. The maximum Gasteiger partial charge on any atom is 0.244 e. The molecule has 0 aliphatic carbocycles. The summed E-state index contributed by atoms with van der Waals surface area (Å²) < 4.78 is 0. The van der Waals surface area contributed by atoms with Crippen LogP contribution in [-0.2, 0) is 23.1 Å². The van der Waals surface area contributed by atoms with Gasteiger partial charge in [0.1, 0.15) is 0 Å². The zero-order valence-corrected chi connectivity index (χ0v) is 15.6. The van der Waals surface area contributed by atoms with E-state index in [0.717, 1.165) is 12.0 Å². The predicted molar refractivity (Wildman–Crippen MR) is 105 cm³/mol. The van der Waals surface area contributed by atoms with Gasteiger partial charge in [0, 0.05) is 6.21 Å². The molecular weight excluding hydrogens is 308 g/mol. The van der Waals surface area contributed by atoms with Crippen LogP contribution in [0.25, 0.3) is 0 Å². The van der Waals surface area contributed by atoms with Crippen molar-refractivity contribution >= 4 is 12.1 Å². The third-order valence-electron chi connectivity index (χ3n) is 4.10. The molecule has 2 aromatic rings. The van der Waals surface area contributed by atoms with Crippen molar-refractivity contribution in [2.24, 2.45) is 11.0 Å². The minimum Gasteiger partial charge on any atom is -0.273 e. The van der Waals surface area contributed by atoms with Crippen LogP contribution >= 0.6 is 0 Å². The van der Waals surface area contributed by atoms with Crippen LogP contribution in [0.15, 0.2) is 59.7 Å². The molecule has 0 bridgehead atoms. The fourth-order valence-electron chi connectivity index (χ4n) is 2.62. The SMILES string of the molecule is CC(/C=N/NC(=O)Cc1ccccc1)Cc1ccc(C(C)(C)C)cc1. The molecule has 1 atom stereocenters. The second-order valence-corrected chi connectivity index (χ2v) is 7.60. The Bertz CT molecular complexity index is 697. The van der Waals surface area contributed by atoms with Crippen LogP contribution in [0.2, 0.25) is 0 Å². The lowest BCUT2D eigenvalue weighted by Crippen LogP contribution is -2.20. The van der Waals surface area contributed by atoms with Gasteiger partial charge in [0.15, 0.2) is 0 Å². The highest BCUT2D eigenvalue weighted by Gasteiger charge is 2.13. The molecule has 0 aliphatic rings. The van der Waals surface area contributed by atoms with Gasteiger partial charge in [-0.25, -0.2) is 5.43 Å². The van der Waals surface area contributed by atoms with Crippen LogP contribution in [0.3, 0.4) is 0 Å². The summed E-state index contributed by atoms with van der Waals surface area (Å²) in [4.78, 5) is 11.9.